The van der Waals surface area contributed by atoms with Crippen LogP contribution in [0, 0.1) is 5.92 Å². The average Bonchev–Trinajstić information content (AvgIpc) is 2.70. The summed E-state index contributed by atoms with van der Waals surface area (Å²) in [5.41, 5.74) is 0. The van der Waals surface area contributed by atoms with Gasteiger partial charge in [-0.3, -0.25) is 0 Å². The van der Waals surface area contributed by atoms with Crippen molar-refractivity contribution in [1.82, 2.24) is 15.2 Å². The summed E-state index contributed by atoms with van der Waals surface area (Å²) in [6, 6.07) is 0. The highest BCUT2D eigenvalue weighted by Gasteiger charge is 2.25. The summed E-state index contributed by atoms with van der Waals surface area (Å²) < 4.78 is 0. The third-order valence-electron chi connectivity index (χ3n) is 2.45. The third-order valence-corrected chi connectivity index (χ3v) is 2.85. The largest absolute Gasteiger partial charge is 0.396 e. The maximum atomic E-state index is 9.02. The maximum absolute atomic E-state index is 9.02. The monoisotopic (exact) mass is 248 g/mol. The first-order valence-corrected chi connectivity index (χ1v) is 5.38. The molecule has 1 aliphatic rings. The van der Waals surface area contributed by atoms with Gasteiger partial charge in [-0.2, -0.15) is 4.98 Å². The van der Waals surface area contributed by atoms with Crippen molar-refractivity contribution in [3.8, 4) is 0 Å². The minimum absolute atomic E-state index is 0.0850. The number of nitrogens with zero attached hydrogens (tertiary/aromatic N) is 4. The van der Waals surface area contributed by atoms with E-state index in [2.05, 4.69) is 15.2 Å². The van der Waals surface area contributed by atoms with Crippen LogP contribution in [0.25, 0.3) is 0 Å². The fourth-order valence-electron chi connectivity index (χ4n) is 1.66. The molecule has 82 valence electrons. The molecular weight excluding hydrogens is 239 g/mol. The summed E-state index contributed by atoms with van der Waals surface area (Å²) in [6.45, 7) is 1.71. The molecular formula is C8H10Cl2N4O. The average molecular weight is 249 g/mol. The number of halogens is 2. The van der Waals surface area contributed by atoms with Crippen molar-refractivity contribution < 1.29 is 5.11 Å². The molecule has 1 aliphatic heterocycles. The number of hydrogen-bond donors (Lipinski definition) is 1. The van der Waals surface area contributed by atoms with E-state index in [9.17, 15) is 0 Å². The first-order valence-electron chi connectivity index (χ1n) is 4.62. The number of aliphatic hydroxyl groups is 1. The zero-order valence-electron chi connectivity index (χ0n) is 7.90. The van der Waals surface area contributed by atoms with Gasteiger partial charge in [0.15, 0.2) is 11.0 Å². The van der Waals surface area contributed by atoms with Crippen LogP contribution in [0.3, 0.4) is 0 Å². The normalized spacial score (nSPS) is 21.0. The lowest BCUT2D eigenvalue weighted by Crippen LogP contribution is -2.22. The molecule has 2 rings (SSSR count). The van der Waals surface area contributed by atoms with Gasteiger partial charge in [-0.05, 0) is 18.0 Å². The number of rotatable bonds is 2. The smallest absolute Gasteiger partial charge is 0.245 e. The highest BCUT2D eigenvalue weighted by molar-refractivity contribution is 6.32. The molecule has 0 aromatic carbocycles. The van der Waals surface area contributed by atoms with E-state index in [1.165, 1.54) is 0 Å². The molecule has 1 aromatic heterocycles. The van der Waals surface area contributed by atoms with E-state index >= 15 is 0 Å². The van der Waals surface area contributed by atoms with Gasteiger partial charge in [0, 0.05) is 25.6 Å². The Bertz CT molecular complexity index is 362. The van der Waals surface area contributed by atoms with Crippen molar-refractivity contribution >= 4 is 29.0 Å². The van der Waals surface area contributed by atoms with Crippen LogP contribution >= 0.6 is 23.2 Å². The predicted octanol–water partition coefficient (Wildman–Crippen LogP) is 0.997. The highest BCUT2D eigenvalue weighted by atomic mass is 35.5. The Hall–Kier alpha value is -0.650. The SMILES string of the molecule is OCC1CCN(c2nc(Cl)nnc2Cl)C1. The third kappa shape index (κ3) is 2.30. The van der Waals surface area contributed by atoms with Crippen LogP contribution in [0.15, 0.2) is 0 Å². The van der Waals surface area contributed by atoms with Gasteiger partial charge in [-0.15, -0.1) is 10.2 Å². The Labute approximate surface area is 97.0 Å². The van der Waals surface area contributed by atoms with E-state index in [1.807, 2.05) is 4.90 Å². The van der Waals surface area contributed by atoms with Crippen molar-refractivity contribution in [3.05, 3.63) is 10.4 Å². The zero-order chi connectivity index (χ0) is 10.8. The molecule has 1 atom stereocenters. The summed E-state index contributed by atoms with van der Waals surface area (Å²) in [7, 11) is 0. The molecule has 0 bridgehead atoms. The van der Waals surface area contributed by atoms with E-state index in [0.717, 1.165) is 19.5 Å². The molecule has 15 heavy (non-hydrogen) atoms. The zero-order valence-corrected chi connectivity index (χ0v) is 9.41. The van der Waals surface area contributed by atoms with Gasteiger partial charge in [0.05, 0.1) is 0 Å². The molecule has 1 unspecified atom stereocenters. The minimum atomic E-state index is 0.0850. The van der Waals surface area contributed by atoms with Gasteiger partial charge in [-0.1, -0.05) is 11.6 Å². The minimum Gasteiger partial charge on any atom is -0.396 e. The summed E-state index contributed by atoms with van der Waals surface area (Å²) in [4.78, 5) is 5.99. The number of aromatic nitrogens is 3. The van der Waals surface area contributed by atoms with E-state index in [-0.39, 0.29) is 23.0 Å². The fraction of sp³-hybridized carbons (Fsp3) is 0.625. The molecule has 1 N–H and O–H groups in total. The molecule has 0 radical (unpaired) electrons. The number of hydrogen-bond acceptors (Lipinski definition) is 5. The van der Waals surface area contributed by atoms with Gasteiger partial charge < -0.3 is 10.0 Å². The Morgan fingerprint density at radius 2 is 2.20 bits per heavy atom. The number of anilines is 1. The quantitative estimate of drug-likeness (QED) is 0.847. The van der Waals surface area contributed by atoms with Crippen LogP contribution in [0.2, 0.25) is 10.4 Å². The van der Waals surface area contributed by atoms with Crippen molar-refractivity contribution in [3.63, 3.8) is 0 Å². The summed E-state index contributed by atoms with van der Waals surface area (Å²) in [5, 5.41) is 16.6. The number of aliphatic hydroxyl groups excluding tert-OH is 1. The molecule has 1 saturated heterocycles. The summed E-state index contributed by atoms with van der Waals surface area (Å²) in [5.74, 6) is 0.822. The topological polar surface area (TPSA) is 62.1 Å². The highest BCUT2D eigenvalue weighted by Crippen LogP contribution is 2.27. The van der Waals surface area contributed by atoms with E-state index in [4.69, 9.17) is 28.3 Å². The molecule has 0 spiro atoms. The van der Waals surface area contributed by atoms with Crippen LogP contribution in [-0.4, -0.2) is 40.0 Å². The Morgan fingerprint density at radius 1 is 1.40 bits per heavy atom. The predicted molar refractivity (Wildman–Crippen MR) is 57.3 cm³/mol. The van der Waals surface area contributed by atoms with Crippen LogP contribution < -0.4 is 4.90 Å². The van der Waals surface area contributed by atoms with Gasteiger partial charge in [0.25, 0.3) is 0 Å². The first kappa shape index (κ1) is 10.9. The summed E-state index contributed by atoms with van der Waals surface area (Å²) >= 11 is 11.5. The molecule has 5 nitrogen and oxygen atoms in total. The Kier molecular flexibility index (Phi) is 3.23. The molecule has 0 saturated carbocycles. The van der Waals surface area contributed by atoms with Crippen LogP contribution in [0.5, 0.6) is 0 Å². The molecule has 1 fully saturated rings. The summed E-state index contributed by atoms with van der Waals surface area (Å²) in [6.07, 6.45) is 0.925. The molecule has 7 heteroatoms. The van der Waals surface area contributed by atoms with E-state index < -0.39 is 0 Å². The van der Waals surface area contributed by atoms with Crippen molar-refractivity contribution in [2.24, 2.45) is 5.92 Å². The standard InChI is InChI=1S/C8H10Cl2N4O/c9-6-7(11-8(10)13-12-6)14-2-1-5(3-14)4-15/h5,15H,1-4H2. The van der Waals surface area contributed by atoms with Crippen LogP contribution in [0.4, 0.5) is 5.82 Å². The lowest BCUT2D eigenvalue weighted by molar-refractivity contribution is 0.238. The Morgan fingerprint density at radius 3 is 2.87 bits per heavy atom. The van der Waals surface area contributed by atoms with Crippen LogP contribution in [0.1, 0.15) is 6.42 Å². The van der Waals surface area contributed by atoms with Gasteiger partial charge in [0.1, 0.15) is 0 Å². The molecule has 0 amide bonds. The second-order valence-corrected chi connectivity index (χ2v) is 4.17. The fourth-order valence-corrected chi connectivity index (χ4v) is 1.98. The van der Waals surface area contributed by atoms with Gasteiger partial charge >= 0.3 is 0 Å². The van der Waals surface area contributed by atoms with Crippen molar-refractivity contribution in [2.45, 2.75) is 6.42 Å². The molecule has 1 aromatic rings. The lowest BCUT2D eigenvalue weighted by atomic mass is 10.1. The molecule has 0 aliphatic carbocycles. The van der Waals surface area contributed by atoms with Gasteiger partial charge in [-0.25, -0.2) is 0 Å². The second-order valence-electron chi connectivity index (χ2n) is 3.48. The van der Waals surface area contributed by atoms with Crippen molar-refractivity contribution in [2.75, 3.05) is 24.6 Å². The Balaban J connectivity index is 2.19. The van der Waals surface area contributed by atoms with Crippen molar-refractivity contribution in [1.29, 1.82) is 0 Å². The van der Waals surface area contributed by atoms with E-state index in [0.29, 0.717) is 5.82 Å². The second kappa shape index (κ2) is 4.47. The lowest BCUT2D eigenvalue weighted by Gasteiger charge is -2.17. The van der Waals surface area contributed by atoms with Crippen LogP contribution in [-0.2, 0) is 0 Å². The maximum Gasteiger partial charge on any atom is 0.245 e. The van der Waals surface area contributed by atoms with E-state index in [1.54, 1.807) is 0 Å². The molecule has 2 heterocycles. The first-order chi connectivity index (χ1) is 7.20. The van der Waals surface area contributed by atoms with Gasteiger partial charge in [0.2, 0.25) is 5.28 Å².